The number of carbonyl (C=O) groups is 1. The molecule has 6 heteroatoms. The highest BCUT2D eigenvalue weighted by Gasteiger charge is 2.18. The van der Waals surface area contributed by atoms with Crippen LogP contribution in [0.2, 0.25) is 0 Å². The zero-order valence-electron chi connectivity index (χ0n) is 11.4. The van der Waals surface area contributed by atoms with Crippen molar-refractivity contribution in [2.75, 3.05) is 6.54 Å². The molecule has 1 N–H and O–H groups in total. The van der Waals surface area contributed by atoms with Crippen molar-refractivity contribution in [3.8, 4) is 0 Å². The minimum absolute atomic E-state index is 0.00677. The predicted octanol–water partition coefficient (Wildman–Crippen LogP) is 2.84. The molecule has 0 spiro atoms. The largest absolute Gasteiger partial charge is 0.352 e. The molecule has 110 valence electrons. The number of benzene rings is 1. The van der Waals surface area contributed by atoms with Gasteiger partial charge in [0.25, 0.3) is 15.0 Å². The standard InChI is InChI=1S/C14H18ClNO3S/c1-10-6-7-12(8-13(10)20(15,18)19)14(17)16-9-11-4-2-3-5-11/h6-8,11H,2-5,9H2,1H3,(H,16,17). The maximum Gasteiger partial charge on any atom is 0.261 e. The maximum absolute atomic E-state index is 12.0. The van der Waals surface area contributed by atoms with Crippen LogP contribution in [0.1, 0.15) is 41.6 Å². The van der Waals surface area contributed by atoms with Gasteiger partial charge in [-0.3, -0.25) is 4.79 Å². The maximum atomic E-state index is 12.0. The molecule has 1 aromatic carbocycles. The van der Waals surface area contributed by atoms with Gasteiger partial charge in [-0.15, -0.1) is 0 Å². The second-order valence-electron chi connectivity index (χ2n) is 5.28. The van der Waals surface area contributed by atoms with Crippen LogP contribution in [0.5, 0.6) is 0 Å². The summed E-state index contributed by atoms with van der Waals surface area (Å²) < 4.78 is 22.9. The third kappa shape index (κ3) is 3.73. The van der Waals surface area contributed by atoms with Crippen molar-refractivity contribution in [1.29, 1.82) is 0 Å². The van der Waals surface area contributed by atoms with Crippen LogP contribution in [-0.4, -0.2) is 20.9 Å². The van der Waals surface area contributed by atoms with Crippen LogP contribution < -0.4 is 5.32 Å². The highest BCUT2D eigenvalue weighted by Crippen LogP contribution is 2.24. The zero-order valence-corrected chi connectivity index (χ0v) is 12.9. The summed E-state index contributed by atoms with van der Waals surface area (Å²) in [5.74, 6) is 0.291. The van der Waals surface area contributed by atoms with Gasteiger partial charge in [-0.05, 0) is 43.4 Å². The zero-order chi connectivity index (χ0) is 14.8. The van der Waals surface area contributed by atoms with Gasteiger partial charge in [0.15, 0.2) is 0 Å². The fourth-order valence-electron chi connectivity index (χ4n) is 2.56. The van der Waals surface area contributed by atoms with Gasteiger partial charge < -0.3 is 5.32 Å². The molecule has 0 aromatic heterocycles. The SMILES string of the molecule is Cc1ccc(C(=O)NCC2CCCC2)cc1S(=O)(=O)Cl. The molecule has 0 radical (unpaired) electrons. The van der Waals surface area contributed by atoms with E-state index in [0.29, 0.717) is 23.6 Å². The average Bonchev–Trinajstić information content (AvgIpc) is 2.88. The lowest BCUT2D eigenvalue weighted by Gasteiger charge is -2.11. The smallest absolute Gasteiger partial charge is 0.261 e. The van der Waals surface area contributed by atoms with Crippen molar-refractivity contribution in [3.05, 3.63) is 29.3 Å². The van der Waals surface area contributed by atoms with E-state index >= 15 is 0 Å². The van der Waals surface area contributed by atoms with E-state index in [2.05, 4.69) is 5.32 Å². The third-order valence-corrected chi connectivity index (χ3v) is 5.20. The van der Waals surface area contributed by atoms with Gasteiger partial charge in [0.2, 0.25) is 0 Å². The van der Waals surface area contributed by atoms with Crippen molar-refractivity contribution in [2.24, 2.45) is 5.92 Å². The number of halogens is 1. The van der Waals surface area contributed by atoms with E-state index in [4.69, 9.17) is 10.7 Å². The Bertz CT molecular complexity index is 607. The van der Waals surface area contributed by atoms with E-state index in [1.165, 1.54) is 18.9 Å². The van der Waals surface area contributed by atoms with E-state index in [0.717, 1.165) is 12.8 Å². The molecule has 2 rings (SSSR count). The normalized spacial score (nSPS) is 16.3. The summed E-state index contributed by atoms with van der Waals surface area (Å²) in [7, 11) is 1.53. The average molecular weight is 316 g/mol. The molecular formula is C14H18ClNO3S. The third-order valence-electron chi connectivity index (χ3n) is 3.74. The van der Waals surface area contributed by atoms with E-state index in [9.17, 15) is 13.2 Å². The van der Waals surface area contributed by atoms with Crippen LogP contribution in [0.25, 0.3) is 0 Å². The van der Waals surface area contributed by atoms with Gasteiger partial charge in [0.1, 0.15) is 0 Å². The summed E-state index contributed by atoms with van der Waals surface area (Å²) in [6.07, 6.45) is 4.74. The van der Waals surface area contributed by atoms with Gasteiger partial charge in [0.05, 0.1) is 4.90 Å². The first kappa shape index (κ1) is 15.3. The second kappa shape index (κ2) is 6.14. The Morgan fingerprint density at radius 3 is 2.60 bits per heavy atom. The first-order valence-electron chi connectivity index (χ1n) is 6.71. The second-order valence-corrected chi connectivity index (χ2v) is 7.81. The van der Waals surface area contributed by atoms with Crippen molar-refractivity contribution >= 4 is 25.6 Å². The van der Waals surface area contributed by atoms with Crippen molar-refractivity contribution in [3.63, 3.8) is 0 Å². The van der Waals surface area contributed by atoms with E-state index < -0.39 is 9.05 Å². The summed E-state index contributed by atoms with van der Waals surface area (Å²) in [5, 5.41) is 2.86. The van der Waals surface area contributed by atoms with Crippen LogP contribution in [0, 0.1) is 12.8 Å². The predicted molar refractivity (Wildman–Crippen MR) is 78.5 cm³/mol. The fraction of sp³-hybridized carbons (Fsp3) is 0.500. The lowest BCUT2D eigenvalue weighted by molar-refractivity contribution is 0.0947. The first-order chi connectivity index (χ1) is 9.38. The first-order valence-corrected chi connectivity index (χ1v) is 9.02. The number of aryl methyl sites for hydroxylation is 1. The van der Waals surface area contributed by atoms with E-state index in [1.807, 2.05) is 0 Å². The molecule has 0 aliphatic heterocycles. The molecule has 4 nitrogen and oxygen atoms in total. The molecule has 0 unspecified atom stereocenters. The van der Waals surface area contributed by atoms with Gasteiger partial charge in [0, 0.05) is 22.8 Å². The van der Waals surface area contributed by atoms with Crippen LogP contribution in [0.15, 0.2) is 23.1 Å². The van der Waals surface area contributed by atoms with Crippen molar-refractivity contribution < 1.29 is 13.2 Å². The lowest BCUT2D eigenvalue weighted by atomic mass is 10.1. The summed E-state index contributed by atoms with van der Waals surface area (Å²) in [5.41, 5.74) is 0.861. The minimum atomic E-state index is -3.83. The Hall–Kier alpha value is -1.07. The molecule has 1 fully saturated rings. The molecule has 1 aromatic rings. The number of rotatable bonds is 4. The van der Waals surface area contributed by atoms with Crippen molar-refractivity contribution in [1.82, 2.24) is 5.32 Å². The fourth-order valence-corrected chi connectivity index (χ4v) is 3.78. The van der Waals surface area contributed by atoms with Gasteiger partial charge >= 0.3 is 0 Å². The highest BCUT2D eigenvalue weighted by molar-refractivity contribution is 8.13. The van der Waals surface area contributed by atoms with Gasteiger partial charge in [-0.2, -0.15) is 0 Å². The van der Waals surface area contributed by atoms with Crippen LogP contribution in [0.4, 0.5) is 0 Å². The molecule has 1 saturated carbocycles. The van der Waals surface area contributed by atoms with E-state index in [-0.39, 0.29) is 10.8 Å². The molecule has 0 heterocycles. The van der Waals surface area contributed by atoms with Crippen LogP contribution in [-0.2, 0) is 9.05 Å². The quantitative estimate of drug-likeness (QED) is 0.869. The Kier molecular flexibility index (Phi) is 4.70. The summed E-state index contributed by atoms with van der Waals surface area (Å²) in [4.78, 5) is 12.0. The Labute approximate surface area is 123 Å². The Morgan fingerprint density at radius 1 is 1.35 bits per heavy atom. The Balaban J connectivity index is 2.10. The minimum Gasteiger partial charge on any atom is -0.352 e. The molecule has 20 heavy (non-hydrogen) atoms. The van der Waals surface area contributed by atoms with Crippen LogP contribution in [0.3, 0.4) is 0 Å². The number of hydrogen-bond acceptors (Lipinski definition) is 3. The molecule has 0 atom stereocenters. The van der Waals surface area contributed by atoms with Gasteiger partial charge in [-0.1, -0.05) is 18.9 Å². The molecule has 1 amide bonds. The lowest BCUT2D eigenvalue weighted by Crippen LogP contribution is -2.28. The number of carbonyl (C=O) groups excluding carboxylic acids is 1. The summed E-state index contributed by atoms with van der Waals surface area (Å²) in [6, 6.07) is 4.55. The number of amides is 1. The summed E-state index contributed by atoms with van der Waals surface area (Å²) in [6.45, 7) is 2.30. The van der Waals surface area contributed by atoms with Gasteiger partial charge in [-0.25, -0.2) is 8.42 Å². The monoisotopic (exact) mass is 315 g/mol. The van der Waals surface area contributed by atoms with Crippen molar-refractivity contribution in [2.45, 2.75) is 37.5 Å². The van der Waals surface area contributed by atoms with E-state index in [1.54, 1.807) is 19.1 Å². The van der Waals surface area contributed by atoms with Crippen LogP contribution >= 0.6 is 10.7 Å². The number of hydrogen-bond donors (Lipinski definition) is 1. The molecule has 0 saturated heterocycles. The molecule has 0 bridgehead atoms. The number of nitrogens with one attached hydrogen (secondary N) is 1. The summed E-state index contributed by atoms with van der Waals surface area (Å²) >= 11 is 0. The molecule has 1 aliphatic rings. The topological polar surface area (TPSA) is 63.2 Å². The highest BCUT2D eigenvalue weighted by atomic mass is 35.7. The molecular weight excluding hydrogens is 298 g/mol. The molecule has 1 aliphatic carbocycles. The Morgan fingerprint density at radius 2 is 2.00 bits per heavy atom.